The summed E-state index contributed by atoms with van der Waals surface area (Å²) in [7, 11) is 7.26. The van der Waals surface area contributed by atoms with Crippen LogP contribution < -0.4 is 9.47 Å². The van der Waals surface area contributed by atoms with Crippen LogP contribution in [0.2, 0.25) is 0 Å². The summed E-state index contributed by atoms with van der Waals surface area (Å²) in [5, 5.41) is 12.3. The molecule has 0 amide bonds. The van der Waals surface area contributed by atoms with Crippen LogP contribution >= 0.6 is 0 Å². The predicted molar refractivity (Wildman–Crippen MR) is 87.9 cm³/mol. The highest BCUT2D eigenvalue weighted by Gasteiger charge is 2.29. The number of tetrazole rings is 1. The zero-order valence-corrected chi connectivity index (χ0v) is 14.9. The van der Waals surface area contributed by atoms with E-state index in [0.29, 0.717) is 11.5 Å². The van der Waals surface area contributed by atoms with Crippen molar-refractivity contribution >= 4 is 0 Å². The van der Waals surface area contributed by atoms with Crippen LogP contribution in [0.4, 0.5) is 0 Å². The maximum Gasteiger partial charge on any atom is 0.173 e. The molecule has 1 aromatic heterocycles. The summed E-state index contributed by atoms with van der Waals surface area (Å²) in [6, 6.07) is 5.78. The average molecular weight is 319 g/mol. The van der Waals surface area contributed by atoms with Crippen molar-refractivity contribution in [3.05, 3.63) is 29.6 Å². The molecule has 0 spiro atoms. The van der Waals surface area contributed by atoms with E-state index >= 15 is 0 Å². The van der Waals surface area contributed by atoms with Crippen LogP contribution in [0.3, 0.4) is 0 Å². The van der Waals surface area contributed by atoms with Gasteiger partial charge in [-0.1, -0.05) is 6.07 Å². The van der Waals surface area contributed by atoms with Gasteiger partial charge in [0.1, 0.15) is 0 Å². The molecule has 0 aliphatic rings. The third kappa shape index (κ3) is 3.44. The molecule has 1 atom stereocenters. The van der Waals surface area contributed by atoms with Crippen molar-refractivity contribution in [1.82, 2.24) is 25.1 Å². The molecule has 0 saturated heterocycles. The summed E-state index contributed by atoms with van der Waals surface area (Å²) in [6.07, 6.45) is 0. The lowest BCUT2D eigenvalue weighted by Crippen LogP contribution is -2.31. The predicted octanol–water partition coefficient (Wildman–Crippen LogP) is 2.10. The van der Waals surface area contributed by atoms with E-state index in [0.717, 1.165) is 11.4 Å². The summed E-state index contributed by atoms with van der Waals surface area (Å²) in [5.74, 6) is 2.17. The molecule has 2 aromatic rings. The van der Waals surface area contributed by atoms with Crippen LogP contribution in [0.5, 0.6) is 11.5 Å². The first-order chi connectivity index (χ1) is 10.8. The number of hydrogen-bond donors (Lipinski definition) is 0. The summed E-state index contributed by atoms with van der Waals surface area (Å²) < 4.78 is 12.6. The number of nitrogens with zero attached hydrogens (tertiary/aromatic N) is 5. The van der Waals surface area contributed by atoms with Crippen LogP contribution in [-0.2, 0) is 5.54 Å². The van der Waals surface area contributed by atoms with Crippen LogP contribution in [0, 0.1) is 0 Å². The molecule has 7 nitrogen and oxygen atoms in total. The first kappa shape index (κ1) is 17.2. The number of aromatic nitrogens is 4. The van der Waals surface area contributed by atoms with Crippen LogP contribution in [0.1, 0.15) is 38.2 Å². The van der Waals surface area contributed by atoms with Gasteiger partial charge in [-0.15, -0.1) is 5.10 Å². The average Bonchev–Trinajstić information content (AvgIpc) is 2.96. The molecular formula is C16H25N5O2. The van der Waals surface area contributed by atoms with E-state index < -0.39 is 0 Å². The lowest BCUT2D eigenvalue weighted by molar-refractivity contribution is 0.275. The van der Waals surface area contributed by atoms with Crippen molar-refractivity contribution in [3.63, 3.8) is 0 Å². The molecule has 23 heavy (non-hydrogen) atoms. The summed E-state index contributed by atoms with van der Waals surface area (Å²) in [4.78, 5) is 2.08. The van der Waals surface area contributed by atoms with E-state index in [1.54, 1.807) is 14.2 Å². The Bertz CT molecular complexity index is 661. The van der Waals surface area contributed by atoms with Gasteiger partial charge in [-0.25, -0.2) is 4.68 Å². The van der Waals surface area contributed by atoms with Gasteiger partial charge in [-0.3, -0.25) is 4.90 Å². The molecule has 0 fully saturated rings. The van der Waals surface area contributed by atoms with Crippen LogP contribution in [0.25, 0.3) is 0 Å². The lowest BCUT2D eigenvalue weighted by Gasteiger charge is -2.28. The van der Waals surface area contributed by atoms with Crippen LogP contribution in [0.15, 0.2) is 18.2 Å². The van der Waals surface area contributed by atoms with Gasteiger partial charge in [-0.2, -0.15) is 0 Å². The maximum atomic E-state index is 5.42. The number of ether oxygens (including phenoxy) is 2. The normalized spacial score (nSPS) is 13.2. The zero-order valence-electron chi connectivity index (χ0n) is 14.9. The molecule has 7 heteroatoms. The van der Waals surface area contributed by atoms with Gasteiger partial charge < -0.3 is 9.47 Å². The first-order valence-corrected chi connectivity index (χ1v) is 7.46. The third-order valence-electron chi connectivity index (χ3n) is 3.61. The molecule has 0 bridgehead atoms. The van der Waals surface area contributed by atoms with E-state index in [9.17, 15) is 0 Å². The maximum absolute atomic E-state index is 5.42. The lowest BCUT2D eigenvalue weighted by atomic mass is 10.0. The van der Waals surface area contributed by atoms with E-state index in [2.05, 4.69) is 41.2 Å². The van der Waals surface area contributed by atoms with Crippen molar-refractivity contribution in [3.8, 4) is 11.5 Å². The van der Waals surface area contributed by atoms with Gasteiger partial charge in [0, 0.05) is 0 Å². The van der Waals surface area contributed by atoms with E-state index in [1.165, 1.54) is 0 Å². The van der Waals surface area contributed by atoms with Gasteiger partial charge in [0.2, 0.25) is 0 Å². The highest BCUT2D eigenvalue weighted by Crippen LogP contribution is 2.34. The number of benzene rings is 1. The molecule has 2 rings (SSSR count). The Labute approximate surface area is 137 Å². The molecule has 0 saturated carbocycles. The molecule has 0 radical (unpaired) electrons. The summed E-state index contributed by atoms with van der Waals surface area (Å²) in [6.45, 7) is 6.23. The van der Waals surface area contributed by atoms with Crippen LogP contribution in [-0.4, -0.2) is 53.4 Å². The van der Waals surface area contributed by atoms with Crippen molar-refractivity contribution in [2.75, 3.05) is 28.3 Å². The smallest absolute Gasteiger partial charge is 0.173 e. The minimum absolute atomic E-state index is 0.0935. The highest BCUT2D eigenvalue weighted by atomic mass is 16.5. The van der Waals surface area contributed by atoms with Gasteiger partial charge in [0.05, 0.1) is 25.8 Å². The van der Waals surface area contributed by atoms with Crippen molar-refractivity contribution in [2.45, 2.75) is 32.4 Å². The number of rotatable bonds is 5. The Morgan fingerprint density at radius 1 is 1.09 bits per heavy atom. The minimum Gasteiger partial charge on any atom is -0.493 e. The molecule has 1 heterocycles. The fourth-order valence-electron chi connectivity index (χ4n) is 2.54. The van der Waals surface area contributed by atoms with Crippen molar-refractivity contribution in [1.29, 1.82) is 0 Å². The van der Waals surface area contributed by atoms with E-state index in [4.69, 9.17) is 9.47 Å². The molecule has 1 aromatic carbocycles. The third-order valence-corrected chi connectivity index (χ3v) is 3.61. The number of methoxy groups -OCH3 is 2. The molecule has 0 N–H and O–H groups in total. The highest BCUT2D eigenvalue weighted by molar-refractivity contribution is 5.44. The molecule has 0 aliphatic heterocycles. The topological polar surface area (TPSA) is 65.3 Å². The largest absolute Gasteiger partial charge is 0.493 e. The molecule has 126 valence electrons. The van der Waals surface area contributed by atoms with Gasteiger partial charge >= 0.3 is 0 Å². The second kappa shape index (κ2) is 6.54. The quantitative estimate of drug-likeness (QED) is 0.841. The Hall–Kier alpha value is -2.15. The van der Waals surface area contributed by atoms with Crippen molar-refractivity contribution in [2.24, 2.45) is 0 Å². The monoisotopic (exact) mass is 319 g/mol. The Balaban J connectivity index is 2.55. The van der Waals surface area contributed by atoms with E-state index in [-0.39, 0.29) is 11.6 Å². The number of hydrogen-bond acceptors (Lipinski definition) is 6. The van der Waals surface area contributed by atoms with Gasteiger partial charge in [0.25, 0.3) is 0 Å². The Morgan fingerprint density at radius 3 is 2.26 bits per heavy atom. The van der Waals surface area contributed by atoms with Gasteiger partial charge in [0.15, 0.2) is 17.3 Å². The Kier molecular flexibility index (Phi) is 4.89. The van der Waals surface area contributed by atoms with E-state index in [1.807, 2.05) is 37.0 Å². The van der Waals surface area contributed by atoms with Gasteiger partial charge in [-0.05, 0) is 63.0 Å². The summed E-state index contributed by atoms with van der Waals surface area (Å²) in [5.41, 5.74) is 0.830. The molecular weight excluding hydrogens is 294 g/mol. The summed E-state index contributed by atoms with van der Waals surface area (Å²) >= 11 is 0. The Morgan fingerprint density at radius 2 is 1.74 bits per heavy atom. The second-order valence-electron chi connectivity index (χ2n) is 6.60. The molecule has 0 unspecified atom stereocenters. The standard InChI is InChI=1S/C16H25N5O2/c1-16(2,3)21-15(17-18-19-21)14(20(4)5)11-8-9-12(22-6)13(10-11)23-7/h8-10,14H,1-7H3/t14-/m0/s1. The fourth-order valence-corrected chi connectivity index (χ4v) is 2.54. The SMILES string of the molecule is COc1ccc([C@@H](c2nnnn2C(C)(C)C)N(C)C)cc1OC. The van der Waals surface area contributed by atoms with Crippen molar-refractivity contribution < 1.29 is 9.47 Å². The zero-order chi connectivity index (χ0) is 17.2. The first-order valence-electron chi connectivity index (χ1n) is 7.46. The molecule has 0 aliphatic carbocycles. The fraction of sp³-hybridized carbons (Fsp3) is 0.562. The second-order valence-corrected chi connectivity index (χ2v) is 6.60. The minimum atomic E-state index is -0.205.